The first-order chi connectivity index (χ1) is 9.42. The summed E-state index contributed by atoms with van der Waals surface area (Å²) in [5.74, 6) is -0.137. The maximum Gasteiger partial charge on any atom is 0.262 e. The van der Waals surface area contributed by atoms with Gasteiger partial charge in [0.2, 0.25) is 0 Å². The first-order valence-corrected chi connectivity index (χ1v) is 7.23. The van der Waals surface area contributed by atoms with Crippen molar-refractivity contribution in [1.29, 1.82) is 5.26 Å². The van der Waals surface area contributed by atoms with E-state index in [4.69, 9.17) is 5.26 Å². The molecule has 2 rings (SSSR count). The molecule has 0 unspecified atom stereocenters. The summed E-state index contributed by atoms with van der Waals surface area (Å²) in [5.41, 5.74) is 1.31. The molecule has 20 heavy (non-hydrogen) atoms. The van der Waals surface area contributed by atoms with Crippen molar-refractivity contribution in [3.8, 4) is 11.8 Å². The highest BCUT2D eigenvalue weighted by molar-refractivity contribution is 7.92. The van der Waals surface area contributed by atoms with Crippen molar-refractivity contribution < 1.29 is 13.5 Å². The summed E-state index contributed by atoms with van der Waals surface area (Å²) < 4.78 is 26.6. The van der Waals surface area contributed by atoms with Crippen molar-refractivity contribution in [3.05, 3.63) is 53.6 Å². The number of nitrogens with one attached hydrogen (secondary N) is 1. The van der Waals surface area contributed by atoms with Gasteiger partial charge in [-0.2, -0.15) is 5.26 Å². The molecule has 0 aromatic heterocycles. The Labute approximate surface area is 117 Å². The minimum absolute atomic E-state index is 0.0245. The Morgan fingerprint density at radius 3 is 2.35 bits per heavy atom. The van der Waals surface area contributed by atoms with Crippen LogP contribution in [0.3, 0.4) is 0 Å². The molecule has 6 heteroatoms. The Morgan fingerprint density at radius 2 is 1.80 bits per heavy atom. The van der Waals surface area contributed by atoms with Crippen LogP contribution in [0.25, 0.3) is 0 Å². The van der Waals surface area contributed by atoms with Gasteiger partial charge in [0.25, 0.3) is 10.0 Å². The summed E-state index contributed by atoms with van der Waals surface area (Å²) in [6.45, 7) is 1.79. The minimum Gasteiger partial charge on any atom is -0.506 e. The van der Waals surface area contributed by atoms with Crippen LogP contribution in [0, 0.1) is 18.3 Å². The molecule has 0 amide bonds. The fourth-order valence-electron chi connectivity index (χ4n) is 1.64. The summed E-state index contributed by atoms with van der Waals surface area (Å²) in [5, 5.41) is 18.4. The van der Waals surface area contributed by atoms with Crippen molar-refractivity contribution in [2.75, 3.05) is 4.72 Å². The van der Waals surface area contributed by atoms with Crippen LogP contribution in [0.5, 0.6) is 5.75 Å². The molecule has 102 valence electrons. The maximum absolute atomic E-state index is 12.1. The molecule has 0 fully saturated rings. The average molecular weight is 288 g/mol. The topological polar surface area (TPSA) is 90.2 Å². The summed E-state index contributed by atoms with van der Waals surface area (Å²) >= 11 is 0. The molecule has 0 aliphatic carbocycles. The maximum atomic E-state index is 12.1. The van der Waals surface area contributed by atoms with Crippen molar-refractivity contribution in [3.63, 3.8) is 0 Å². The molecule has 5 nitrogen and oxygen atoms in total. The average Bonchev–Trinajstić information content (AvgIpc) is 2.42. The van der Waals surface area contributed by atoms with Gasteiger partial charge in [0.15, 0.2) is 0 Å². The van der Waals surface area contributed by atoms with E-state index in [1.807, 2.05) is 6.07 Å². The lowest BCUT2D eigenvalue weighted by Crippen LogP contribution is -2.13. The van der Waals surface area contributed by atoms with Crippen molar-refractivity contribution in [2.24, 2.45) is 0 Å². The molecule has 2 N–H and O–H groups in total. The second-order valence-electron chi connectivity index (χ2n) is 4.26. The first kappa shape index (κ1) is 13.9. The lowest BCUT2D eigenvalue weighted by Gasteiger charge is -2.10. The van der Waals surface area contributed by atoms with Crippen LogP contribution in [0.1, 0.15) is 11.1 Å². The fraction of sp³-hybridized carbons (Fsp3) is 0.0714. The van der Waals surface area contributed by atoms with Gasteiger partial charge in [-0.3, -0.25) is 4.72 Å². The highest BCUT2D eigenvalue weighted by Gasteiger charge is 2.15. The van der Waals surface area contributed by atoms with E-state index in [0.717, 1.165) is 5.56 Å². The summed E-state index contributed by atoms with van der Waals surface area (Å²) in [6, 6.07) is 12.1. The van der Waals surface area contributed by atoms with Crippen LogP contribution in [0.15, 0.2) is 47.4 Å². The van der Waals surface area contributed by atoms with E-state index in [0.29, 0.717) is 5.56 Å². The molecule has 0 heterocycles. The molecule has 0 aliphatic rings. The van der Waals surface area contributed by atoms with E-state index in [9.17, 15) is 13.5 Å². The van der Waals surface area contributed by atoms with E-state index in [2.05, 4.69) is 4.72 Å². The largest absolute Gasteiger partial charge is 0.506 e. The van der Waals surface area contributed by atoms with Crippen LogP contribution in [-0.2, 0) is 10.0 Å². The van der Waals surface area contributed by atoms with Gasteiger partial charge in [-0.15, -0.1) is 0 Å². The molecular formula is C14H12N2O3S. The highest BCUT2D eigenvalue weighted by Crippen LogP contribution is 2.26. The lowest BCUT2D eigenvalue weighted by molar-refractivity contribution is 0.477. The number of benzene rings is 2. The highest BCUT2D eigenvalue weighted by atomic mass is 32.2. The quantitative estimate of drug-likeness (QED) is 0.848. The van der Waals surface area contributed by atoms with Crippen LogP contribution < -0.4 is 4.72 Å². The predicted molar refractivity (Wildman–Crippen MR) is 74.8 cm³/mol. The van der Waals surface area contributed by atoms with Crippen LogP contribution in [-0.4, -0.2) is 13.5 Å². The molecule has 0 bridgehead atoms. The zero-order chi connectivity index (χ0) is 14.8. The van der Waals surface area contributed by atoms with Gasteiger partial charge in [-0.1, -0.05) is 6.07 Å². The van der Waals surface area contributed by atoms with Crippen LogP contribution in [0.2, 0.25) is 0 Å². The van der Waals surface area contributed by atoms with E-state index < -0.39 is 10.0 Å². The lowest BCUT2D eigenvalue weighted by atomic mass is 10.2. The van der Waals surface area contributed by atoms with Crippen molar-refractivity contribution in [1.82, 2.24) is 0 Å². The number of rotatable bonds is 3. The van der Waals surface area contributed by atoms with E-state index >= 15 is 0 Å². The Balaban J connectivity index is 2.33. The number of hydrogen-bond donors (Lipinski definition) is 2. The number of phenols is 1. The standard InChI is InChI=1S/C14H12N2O3S/c1-10-2-7-13(14(17)8-10)16-20(18,19)12-5-3-11(9-15)4-6-12/h2-8,16-17H,1H3. The first-order valence-electron chi connectivity index (χ1n) is 5.75. The molecule has 2 aromatic carbocycles. The molecule has 0 radical (unpaired) electrons. The number of phenolic OH excluding ortho intramolecular Hbond substituents is 1. The van der Waals surface area contributed by atoms with E-state index in [1.54, 1.807) is 13.0 Å². The SMILES string of the molecule is Cc1ccc(NS(=O)(=O)c2ccc(C#N)cc2)c(O)c1. The number of aromatic hydroxyl groups is 1. The van der Waals surface area contributed by atoms with Gasteiger partial charge in [0.05, 0.1) is 22.2 Å². The summed E-state index contributed by atoms with van der Waals surface area (Å²) in [7, 11) is -3.79. The number of aryl methyl sites for hydroxylation is 1. The Morgan fingerprint density at radius 1 is 1.15 bits per heavy atom. The molecule has 0 saturated carbocycles. The number of nitrogens with zero attached hydrogens (tertiary/aromatic N) is 1. The molecular weight excluding hydrogens is 276 g/mol. The monoisotopic (exact) mass is 288 g/mol. The zero-order valence-corrected chi connectivity index (χ0v) is 11.5. The van der Waals surface area contributed by atoms with Crippen molar-refractivity contribution >= 4 is 15.7 Å². The number of hydrogen-bond acceptors (Lipinski definition) is 4. The third-order valence-electron chi connectivity index (χ3n) is 2.69. The second-order valence-corrected chi connectivity index (χ2v) is 5.94. The normalized spacial score (nSPS) is 10.8. The Kier molecular flexibility index (Phi) is 3.63. The van der Waals surface area contributed by atoms with Gasteiger partial charge >= 0.3 is 0 Å². The van der Waals surface area contributed by atoms with Gasteiger partial charge < -0.3 is 5.11 Å². The third kappa shape index (κ3) is 2.90. The number of anilines is 1. The van der Waals surface area contributed by atoms with Crippen LogP contribution in [0.4, 0.5) is 5.69 Å². The Bertz CT molecular complexity index is 775. The second kappa shape index (κ2) is 5.23. The van der Waals surface area contributed by atoms with Gasteiger partial charge in [0.1, 0.15) is 5.75 Å². The summed E-state index contributed by atoms with van der Waals surface area (Å²) in [4.78, 5) is 0.0245. The molecule has 0 saturated heterocycles. The molecule has 0 aliphatic heterocycles. The van der Waals surface area contributed by atoms with E-state index in [1.165, 1.54) is 36.4 Å². The van der Waals surface area contributed by atoms with E-state index in [-0.39, 0.29) is 16.3 Å². The van der Waals surface area contributed by atoms with Crippen LogP contribution >= 0.6 is 0 Å². The fourth-order valence-corrected chi connectivity index (χ4v) is 2.71. The number of sulfonamides is 1. The molecule has 2 aromatic rings. The smallest absolute Gasteiger partial charge is 0.262 e. The zero-order valence-electron chi connectivity index (χ0n) is 10.7. The Hall–Kier alpha value is -2.52. The molecule has 0 atom stereocenters. The molecule has 0 spiro atoms. The van der Waals surface area contributed by atoms with Gasteiger partial charge in [-0.25, -0.2) is 8.42 Å². The van der Waals surface area contributed by atoms with Crippen molar-refractivity contribution in [2.45, 2.75) is 11.8 Å². The minimum atomic E-state index is -3.79. The van der Waals surface area contributed by atoms with Gasteiger partial charge in [0, 0.05) is 0 Å². The predicted octanol–water partition coefficient (Wildman–Crippen LogP) is 2.37. The number of nitriles is 1. The van der Waals surface area contributed by atoms with Gasteiger partial charge in [-0.05, 0) is 48.9 Å². The summed E-state index contributed by atoms with van der Waals surface area (Å²) in [6.07, 6.45) is 0. The third-order valence-corrected chi connectivity index (χ3v) is 4.07.